The Bertz CT molecular complexity index is 1490. The first-order chi connectivity index (χ1) is 20.4. The summed E-state index contributed by atoms with van der Waals surface area (Å²) in [6.45, 7) is 0.597. The number of benzene rings is 2. The van der Waals surface area contributed by atoms with E-state index in [-0.39, 0.29) is 60.8 Å². The Labute approximate surface area is 250 Å². The highest BCUT2D eigenvalue weighted by atomic mass is 35.5. The van der Waals surface area contributed by atoms with Gasteiger partial charge < -0.3 is 19.9 Å². The summed E-state index contributed by atoms with van der Waals surface area (Å²) in [5.74, 6) is -0.709. The summed E-state index contributed by atoms with van der Waals surface area (Å²) in [5.41, 5.74) is 2.09. The number of ketones is 2. The Hall–Kier alpha value is -3.49. The number of fused-ring (bicyclic) bond motifs is 2. The second-order valence-electron chi connectivity index (χ2n) is 11.9. The van der Waals surface area contributed by atoms with Crippen molar-refractivity contribution in [3.05, 3.63) is 70.9 Å². The average Bonchev–Trinajstić information content (AvgIpc) is 3.77. The summed E-state index contributed by atoms with van der Waals surface area (Å²) in [6, 6.07) is 15.2. The molecule has 5 unspecified atom stereocenters. The lowest BCUT2D eigenvalue weighted by Gasteiger charge is -2.29. The predicted octanol–water partition coefficient (Wildman–Crippen LogP) is 5.09. The van der Waals surface area contributed by atoms with Crippen molar-refractivity contribution in [1.82, 2.24) is 15.2 Å². The molecule has 1 aromatic heterocycles. The maximum atomic E-state index is 14.0. The third kappa shape index (κ3) is 5.88. The molecule has 1 saturated heterocycles. The maximum Gasteiger partial charge on any atom is 0.271 e. The third-order valence-electron chi connectivity index (χ3n) is 9.27. The number of H-pyrrole nitrogens is 1. The van der Waals surface area contributed by atoms with Gasteiger partial charge >= 0.3 is 0 Å². The van der Waals surface area contributed by atoms with E-state index in [0.717, 1.165) is 42.1 Å². The van der Waals surface area contributed by atoms with Gasteiger partial charge in [-0.15, -0.1) is 0 Å². The molecule has 3 aromatic rings. The van der Waals surface area contributed by atoms with Gasteiger partial charge in [0.15, 0.2) is 5.78 Å². The third-order valence-corrected chi connectivity index (χ3v) is 9.60. The quantitative estimate of drug-likeness (QED) is 0.342. The number of nitrogens with one attached hydrogen (secondary N) is 2. The molecule has 5 atom stereocenters. The molecule has 0 radical (unpaired) electrons. The van der Waals surface area contributed by atoms with Crippen LogP contribution in [0.15, 0.2) is 54.6 Å². The lowest BCUT2D eigenvalue weighted by molar-refractivity contribution is -0.134. The van der Waals surface area contributed by atoms with E-state index in [1.54, 1.807) is 17.0 Å². The number of Topliss-reactive ketones (excluding diaryl/α,β-unsaturated/α-hetero) is 2. The minimum absolute atomic E-state index is 0.0279. The van der Waals surface area contributed by atoms with Crippen LogP contribution < -0.4 is 5.32 Å². The lowest BCUT2D eigenvalue weighted by Crippen LogP contribution is -2.53. The molecule has 8 nitrogen and oxygen atoms in total. The van der Waals surface area contributed by atoms with Gasteiger partial charge in [0.2, 0.25) is 5.91 Å². The van der Waals surface area contributed by atoms with Crippen LogP contribution in [0.25, 0.3) is 10.9 Å². The number of hydrogen-bond acceptors (Lipinski definition) is 5. The highest BCUT2D eigenvalue weighted by molar-refractivity contribution is 6.35. The van der Waals surface area contributed by atoms with Gasteiger partial charge in [0, 0.05) is 34.8 Å². The number of halogens is 1. The number of carbonyl (C=O) groups is 4. The molecule has 3 aliphatic rings. The fourth-order valence-electron chi connectivity index (χ4n) is 7.13. The maximum absolute atomic E-state index is 14.0. The number of likely N-dealkylation sites (tertiary alicyclic amines) is 1. The van der Waals surface area contributed by atoms with Crippen molar-refractivity contribution in [2.75, 3.05) is 13.2 Å². The van der Waals surface area contributed by atoms with E-state index < -0.39 is 12.1 Å². The Kier molecular flexibility index (Phi) is 8.45. The van der Waals surface area contributed by atoms with E-state index in [9.17, 15) is 19.2 Å². The van der Waals surface area contributed by atoms with Crippen molar-refractivity contribution >= 4 is 45.9 Å². The Morgan fingerprint density at radius 1 is 1.05 bits per heavy atom. The Morgan fingerprint density at radius 3 is 2.64 bits per heavy atom. The van der Waals surface area contributed by atoms with E-state index in [1.165, 1.54) is 0 Å². The molecular weight excluding hydrogens is 554 g/mol. The van der Waals surface area contributed by atoms with E-state index >= 15 is 0 Å². The monoisotopic (exact) mass is 589 g/mol. The normalized spacial score (nSPS) is 24.2. The average molecular weight is 590 g/mol. The summed E-state index contributed by atoms with van der Waals surface area (Å²) < 4.78 is 5.72. The summed E-state index contributed by atoms with van der Waals surface area (Å²) in [4.78, 5) is 58.6. The second-order valence-corrected chi connectivity index (χ2v) is 12.3. The van der Waals surface area contributed by atoms with Gasteiger partial charge in [0.25, 0.3) is 5.91 Å². The van der Waals surface area contributed by atoms with Crippen molar-refractivity contribution in [3.8, 4) is 0 Å². The predicted molar refractivity (Wildman–Crippen MR) is 159 cm³/mol. The van der Waals surface area contributed by atoms with Crippen LogP contribution in [-0.4, -0.2) is 58.5 Å². The highest BCUT2D eigenvalue weighted by Crippen LogP contribution is 2.43. The number of nitrogens with zero attached hydrogens (tertiary/aromatic N) is 1. The molecule has 1 aliphatic heterocycles. The number of ether oxygens (including phenoxy) is 1. The first-order valence-corrected chi connectivity index (χ1v) is 15.3. The summed E-state index contributed by atoms with van der Waals surface area (Å²) >= 11 is 6.35. The summed E-state index contributed by atoms with van der Waals surface area (Å²) in [7, 11) is 0. The number of hydrogen-bond donors (Lipinski definition) is 2. The van der Waals surface area contributed by atoms with Crippen molar-refractivity contribution < 1.29 is 23.9 Å². The fraction of sp³-hybridized carbons (Fsp3) is 0.455. The number of aromatic nitrogens is 1. The van der Waals surface area contributed by atoms with E-state index in [1.807, 2.05) is 42.5 Å². The molecule has 9 heteroatoms. The Balaban J connectivity index is 1.20. The summed E-state index contributed by atoms with van der Waals surface area (Å²) in [6.07, 6.45) is 5.10. The minimum Gasteiger partial charge on any atom is -0.369 e. The van der Waals surface area contributed by atoms with Crippen LogP contribution in [0.5, 0.6) is 0 Å². The molecule has 2 aliphatic carbocycles. The Morgan fingerprint density at radius 2 is 1.88 bits per heavy atom. The minimum atomic E-state index is -0.857. The van der Waals surface area contributed by atoms with Crippen molar-refractivity contribution in [3.63, 3.8) is 0 Å². The van der Waals surface area contributed by atoms with Gasteiger partial charge in [0.05, 0.1) is 12.6 Å². The molecule has 3 fully saturated rings. The zero-order valence-corrected chi connectivity index (χ0v) is 24.3. The van der Waals surface area contributed by atoms with E-state index in [2.05, 4.69) is 10.3 Å². The van der Waals surface area contributed by atoms with Gasteiger partial charge in [-0.2, -0.15) is 0 Å². The van der Waals surface area contributed by atoms with Crippen molar-refractivity contribution in [2.45, 2.75) is 63.6 Å². The standard InChI is InChI=1S/C33H36ClN3O5/c34-25-12-6-13-26-24(25)16-28(35-26)33(41)37-17-22-10-4-11-23(22)31(37)32(40)36-27(15-21-9-5-14-29(21)38)30(39)19-42-18-20-7-2-1-3-8-20/h1-3,6-8,12-13,16,21-23,27,31,35H,4-5,9-11,14-15,17-19H2,(H,36,40). The molecular formula is C33H36ClN3O5. The van der Waals surface area contributed by atoms with Crippen LogP contribution in [0.1, 0.15) is 61.0 Å². The molecule has 6 rings (SSSR count). The molecule has 2 N–H and O–H groups in total. The molecule has 2 aromatic carbocycles. The van der Waals surface area contributed by atoms with Crippen LogP contribution in [0.2, 0.25) is 5.02 Å². The molecule has 0 bridgehead atoms. The highest BCUT2D eigenvalue weighted by Gasteiger charge is 2.50. The van der Waals surface area contributed by atoms with Gasteiger partial charge in [-0.1, -0.05) is 54.4 Å². The topological polar surface area (TPSA) is 109 Å². The number of aromatic amines is 1. The second kappa shape index (κ2) is 12.4. The van der Waals surface area contributed by atoms with Gasteiger partial charge in [0.1, 0.15) is 24.1 Å². The molecule has 42 heavy (non-hydrogen) atoms. The largest absolute Gasteiger partial charge is 0.369 e. The van der Waals surface area contributed by atoms with Crippen LogP contribution in [-0.2, 0) is 25.7 Å². The zero-order valence-electron chi connectivity index (χ0n) is 23.5. The number of rotatable bonds is 10. The van der Waals surface area contributed by atoms with Gasteiger partial charge in [-0.05, 0) is 67.7 Å². The van der Waals surface area contributed by atoms with Crippen LogP contribution in [0, 0.1) is 17.8 Å². The van der Waals surface area contributed by atoms with E-state index in [4.69, 9.17) is 16.3 Å². The molecule has 2 saturated carbocycles. The number of amides is 2. The lowest BCUT2D eigenvalue weighted by atomic mass is 9.91. The van der Waals surface area contributed by atoms with Crippen molar-refractivity contribution in [1.29, 1.82) is 0 Å². The molecule has 2 amide bonds. The van der Waals surface area contributed by atoms with Gasteiger partial charge in [-0.3, -0.25) is 19.2 Å². The van der Waals surface area contributed by atoms with Crippen LogP contribution >= 0.6 is 11.6 Å². The molecule has 220 valence electrons. The smallest absolute Gasteiger partial charge is 0.271 e. The summed E-state index contributed by atoms with van der Waals surface area (Å²) in [5, 5.41) is 4.30. The fourth-order valence-corrected chi connectivity index (χ4v) is 7.36. The zero-order chi connectivity index (χ0) is 29.2. The van der Waals surface area contributed by atoms with Crippen LogP contribution in [0.3, 0.4) is 0 Å². The van der Waals surface area contributed by atoms with Crippen LogP contribution in [0.4, 0.5) is 0 Å². The first kappa shape index (κ1) is 28.6. The SMILES string of the molecule is O=C1CCCC1CC(NC(=O)C1C2CCCC2CN1C(=O)c1cc2c(Cl)cccc2[nH]1)C(=O)COCc1ccccc1. The van der Waals surface area contributed by atoms with E-state index in [0.29, 0.717) is 30.1 Å². The van der Waals surface area contributed by atoms with Crippen molar-refractivity contribution in [2.24, 2.45) is 17.8 Å². The molecule has 0 spiro atoms. The first-order valence-electron chi connectivity index (χ1n) is 14.9. The van der Waals surface area contributed by atoms with Gasteiger partial charge in [-0.25, -0.2) is 0 Å². The number of carbonyl (C=O) groups excluding carboxylic acids is 4. The molecule has 2 heterocycles.